The highest BCUT2D eigenvalue weighted by atomic mass is 32.2. The molecule has 0 saturated carbocycles. The molecule has 2 aromatic rings. The Kier molecular flexibility index (Phi) is 6.03. The fourth-order valence-corrected chi connectivity index (χ4v) is 6.36. The molecule has 0 spiro atoms. The lowest BCUT2D eigenvalue weighted by atomic mass is 9.97. The predicted molar refractivity (Wildman–Crippen MR) is 110 cm³/mol. The Labute approximate surface area is 165 Å². The normalized spacial score (nSPS) is 18.6. The number of amides is 1. The number of aryl methyl sites for hydroxylation is 1. The van der Waals surface area contributed by atoms with E-state index < -0.39 is 10.0 Å². The van der Waals surface area contributed by atoms with Gasteiger partial charge >= 0.3 is 0 Å². The first-order chi connectivity index (χ1) is 12.8. The molecular weight excluding hydrogens is 380 g/mol. The summed E-state index contributed by atoms with van der Waals surface area (Å²) in [5.74, 6) is -0.146. The maximum atomic E-state index is 12.9. The van der Waals surface area contributed by atoms with Crippen LogP contribution in [0, 0.1) is 12.8 Å². The molecular formula is C20H26N2O3S2. The van der Waals surface area contributed by atoms with Gasteiger partial charge in [0, 0.05) is 23.7 Å². The largest absolute Gasteiger partial charge is 0.326 e. The summed E-state index contributed by atoms with van der Waals surface area (Å²) >= 11 is 1.28. The van der Waals surface area contributed by atoms with Crippen LogP contribution in [-0.2, 0) is 14.8 Å². The first kappa shape index (κ1) is 20.0. The molecule has 27 heavy (non-hydrogen) atoms. The van der Waals surface area contributed by atoms with E-state index in [9.17, 15) is 13.2 Å². The highest BCUT2D eigenvalue weighted by Gasteiger charge is 2.34. The molecule has 146 valence electrons. The van der Waals surface area contributed by atoms with Crippen molar-refractivity contribution in [1.82, 2.24) is 4.31 Å². The smallest absolute Gasteiger partial charge is 0.252 e. The van der Waals surface area contributed by atoms with Crippen molar-refractivity contribution in [2.24, 2.45) is 5.92 Å². The van der Waals surface area contributed by atoms with Crippen LogP contribution in [0.2, 0.25) is 0 Å². The van der Waals surface area contributed by atoms with E-state index in [2.05, 4.69) is 19.2 Å². The van der Waals surface area contributed by atoms with Crippen molar-refractivity contribution in [2.75, 3.05) is 18.4 Å². The Balaban J connectivity index is 1.74. The number of nitrogens with one attached hydrogen (secondary N) is 1. The number of thiophene rings is 1. The number of carbonyl (C=O) groups excluding carboxylic acids is 1. The van der Waals surface area contributed by atoms with Crippen LogP contribution in [0.25, 0.3) is 0 Å². The van der Waals surface area contributed by atoms with E-state index >= 15 is 0 Å². The number of carbonyl (C=O) groups is 1. The predicted octanol–water partition coefficient (Wildman–Crippen LogP) is 4.22. The van der Waals surface area contributed by atoms with Gasteiger partial charge in [0.05, 0.1) is 5.92 Å². The number of hydrogen-bond acceptors (Lipinski definition) is 4. The Hall–Kier alpha value is -1.70. The summed E-state index contributed by atoms with van der Waals surface area (Å²) in [6, 6.07) is 11.2. The van der Waals surface area contributed by atoms with Crippen molar-refractivity contribution in [2.45, 2.75) is 43.7 Å². The van der Waals surface area contributed by atoms with Gasteiger partial charge in [0.25, 0.3) is 10.0 Å². The van der Waals surface area contributed by atoms with E-state index in [-0.39, 0.29) is 18.4 Å². The van der Waals surface area contributed by atoms with Crippen LogP contribution in [-0.4, -0.2) is 31.7 Å². The number of rotatable bonds is 5. The van der Waals surface area contributed by atoms with Crippen molar-refractivity contribution in [3.63, 3.8) is 0 Å². The average molecular weight is 407 g/mol. The van der Waals surface area contributed by atoms with Crippen molar-refractivity contribution < 1.29 is 13.2 Å². The second-order valence-electron chi connectivity index (χ2n) is 7.30. The van der Waals surface area contributed by atoms with Crippen LogP contribution in [0.5, 0.6) is 0 Å². The molecule has 3 rings (SSSR count). The molecule has 1 saturated heterocycles. The molecule has 2 heterocycles. The third-order valence-corrected chi connectivity index (χ3v) is 8.24. The summed E-state index contributed by atoms with van der Waals surface area (Å²) in [4.78, 5) is 13.8. The van der Waals surface area contributed by atoms with Gasteiger partial charge in [-0.25, -0.2) is 8.42 Å². The van der Waals surface area contributed by atoms with Crippen LogP contribution in [0.1, 0.15) is 43.0 Å². The number of piperidine rings is 1. The second-order valence-corrected chi connectivity index (χ2v) is 10.8. The highest BCUT2D eigenvalue weighted by molar-refractivity contribution is 7.91. The van der Waals surface area contributed by atoms with Gasteiger partial charge in [-0.1, -0.05) is 32.0 Å². The van der Waals surface area contributed by atoms with Gasteiger partial charge in [-0.05, 0) is 49.4 Å². The Morgan fingerprint density at radius 3 is 2.63 bits per heavy atom. The maximum absolute atomic E-state index is 12.9. The number of anilines is 1. The lowest BCUT2D eigenvalue weighted by Gasteiger charge is -2.31. The number of benzene rings is 1. The van der Waals surface area contributed by atoms with Crippen molar-refractivity contribution in [3.8, 4) is 0 Å². The summed E-state index contributed by atoms with van der Waals surface area (Å²) < 4.78 is 27.6. The van der Waals surface area contributed by atoms with Gasteiger partial charge in [-0.15, -0.1) is 11.3 Å². The monoisotopic (exact) mass is 406 g/mol. The molecule has 1 aromatic heterocycles. The molecule has 1 aliphatic rings. The molecule has 1 atom stereocenters. The van der Waals surface area contributed by atoms with Crippen molar-refractivity contribution in [3.05, 3.63) is 46.8 Å². The molecule has 7 heteroatoms. The fourth-order valence-electron chi connectivity index (χ4n) is 3.40. The minimum absolute atomic E-state index is 0.106. The van der Waals surface area contributed by atoms with Gasteiger partial charge in [0.1, 0.15) is 4.21 Å². The summed E-state index contributed by atoms with van der Waals surface area (Å²) in [5.41, 5.74) is 1.89. The molecule has 0 radical (unpaired) electrons. The standard InChI is InChI=1S/C20H26N2O3S2/c1-14(2)17-8-4-5-9-18(17)21-20(23)16-7-6-12-22(13-16)27(24,25)19-11-10-15(3)26-19/h4-5,8-11,14,16H,6-7,12-13H2,1-3H3,(H,21,23)/t16-/m1/s1. The lowest BCUT2D eigenvalue weighted by molar-refractivity contribution is -0.120. The van der Waals surface area contributed by atoms with Gasteiger partial charge in [0.2, 0.25) is 5.91 Å². The van der Waals surface area contributed by atoms with Crippen molar-refractivity contribution >= 4 is 33.0 Å². The van der Waals surface area contributed by atoms with E-state index in [0.717, 1.165) is 16.1 Å². The topological polar surface area (TPSA) is 66.5 Å². The van der Waals surface area contributed by atoms with E-state index in [1.165, 1.54) is 15.6 Å². The van der Waals surface area contributed by atoms with Crippen LogP contribution >= 0.6 is 11.3 Å². The highest BCUT2D eigenvalue weighted by Crippen LogP contribution is 2.29. The Bertz CT molecular complexity index is 919. The fraction of sp³-hybridized carbons (Fsp3) is 0.450. The third kappa shape index (κ3) is 4.42. The minimum Gasteiger partial charge on any atom is -0.326 e. The zero-order valence-corrected chi connectivity index (χ0v) is 17.6. The zero-order valence-electron chi connectivity index (χ0n) is 15.9. The zero-order chi connectivity index (χ0) is 19.6. The number of para-hydroxylation sites is 1. The minimum atomic E-state index is -3.53. The second kappa shape index (κ2) is 8.12. The maximum Gasteiger partial charge on any atom is 0.252 e. The molecule has 5 nitrogen and oxygen atoms in total. The molecule has 0 unspecified atom stereocenters. The molecule has 1 amide bonds. The van der Waals surface area contributed by atoms with E-state index in [0.29, 0.717) is 29.5 Å². The van der Waals surface area contributed by atoms with Gasteiger partial charge in [-0.3, -0.25) is 4.79 Å². The number of sulfonamides is 1. The summed E-state index contributed by atoms with van der Waals surface area (Å²) in [5, 5.41) is 3.02. The number of nitrogens with zero attached hydrogens (tertiary/aromatic N) is 1. The quantitative estimate of drug-likeness (QED) is 0.808. The van der Waals surface area contributed by atoms with Gasteiger partial charge < -0.3 is 5.32 Å². The van der Waals surface area contributed by atoms with Gasteiger partial charge in [0.15, 0.2) is 0 Å². The summed E-state index contributed by atoms with van der Waals surface area (Å²) in [7, 11) is -3.53. The van der Waals surface area contributed by atoms with Gasteiger partial charge in [-0.2, -0.15) is 4.31 Å². The lowest BCUT2D eigenvalue weighted by Crippen LogP contribution is -2.43. The number of hydrogen-bond donors (Lipinski definition) is 1. The van der Waals surface area contributed by atoms with Crippen LogP contribution in [0.4, 0.5) is 5.69 Å². The summed E-state index contributed by atoms with van der Waals surface area (Å²) in [6.07, 6.45) is 1.39. The molecule has 1 aromatic carbocycles. The molecule has 0 aliphatic carbocycles. The average Bonchev–Trinajstić information content (AvgIpc) is 3.09. The Morgan fingerprint density at radius 2 is 1.96 bits per heavy atom. The molecule has 1 fully saturated rings. The van der Waals surface area contributed by atoms with E-state index in [1.807, 2.05) is 37.3 Å². The van der Waals surface area contributed by atoms with Crippen molar-refractivity contribution in [1.29, 1.82) is 0 Å². The van der Waals surface area contributed by atoms with E-state index in [1.54, 1.807) is 6.07 Å². The van der Waals surface area contributed by atoms with Crippen LogP contribution in [0.15, 0.2) is 40.6 Å². The summed E-state index contributed by atoms with van der Waals surface area (Å²) in [6.45, 7) is 6.76. The third-order valence-electron chi connectivity index (χ3n) is 4.91. The van der Waals surface area contributed by atoms with E-state index in [4.69, 9.17) is 0 Å². The SMILES string of the molecule is Cc1ccc(S(=O)(=O)N2CCC[C@@H](C(=O)Nc3ccccc3C(C)C)C2)s1. The Morgan fingerprint density at radius 1 is 1.22 bits per heavy atom. The molecule has 0 bridgehead atoms. The first-order valence-electron chi connectivity index (χ1n) is 9.25. The molecule has 1 N–H and O–H groups in total. The molecule has 1 aliphatic heterocycles. The first-order valence-corrected chi connectivity index (χ1v) is 11.5. The van der Waals surface area contributed by atoms with Crippen LogP contribution in [0.3, 0.4) is 0 Å². The van der Waals surface area contributed by atoms with Crippen LogP contribution < -0.4 is 5.32 Å².